The molecule has 1 unspecified atom stereocenters. The largest absolute Gasteiger partial charge is 0.459 e. The molecule has 1 aliphatic rings. The zero-order valence-corrected chi connectivity index (χ0v) is 21.0. The summed E-state index contributed by atoms with van der Waals surface area (Å²) in [7, 11) is 0. The van der Waals surface area contributed by atoms with Crippen LogP contribution in [0.3, 0.4) is 0 Å². The van der Waals surface area contributed by atoms with Crippen molar-refractivity contribution in [3.8, 4) is 0 Å². The van der Waals surface area contributed by atoms with Crippen molar-refractivity contribution in [3.63, 3.8) is 0 Å². The van der Waals surface area contributed by atoms with E-state index in [0.29, 0.717) is 32.5 Å². The third kappa shape index (κ3) is 5.14. The van der Waals surface area contributed by atoms with Gasteiger partial charge in [0.05, 0.1) is 17.5 Å². The number of nitrogens with zero attached hydrogens (tertiary/aromatic N) is 4. The van der Waals surface area contributed by atoms with E-state index in [1.807, 2.05) is 34.7 Å². The molecular formula is C24H18ClIN4O5. The van der Waals surface area contributed by atoms with E-state index in [2.05, 4.69) is 15.0 Å². The monoisotopic (exact) mass is 604 g/mol. The van der Waals surface area contributed by atoms with Crippen molar-refractivity contribution in [1.29, 1.82) is 0 Å². The van der Waals surface area contributed by atoms with Gasteiger partial charge in [-0.05, 0) is 24.3 Å². The van der Waals surface area contributed by atoms with E-state index in [-0.39, 0.29) is 11.8 Å². The fraction of sp³-hybridized carbons (Fsp3) is 0.208. The van der Waals surface area contributed by atoms with Crippen molar-refractivity contribution in [1.82, 2.24) is 19.5 Å². The van der Waals surface area contributed by atoms with Gasteiger partial charge in [0.25, 0.3) is 0 Å². The predicted octanol–water partition coefficient (Wildman–Crippen LogP) is 4.45. The number of benzene rings is 2. The van der Waals surface area contributed by atoms with Gasteiger partial charge in [-0.1, -0.05) is 48.0 Å². The van der Waals surface area contributed by atoms with E-state index >= 15 is 0 Å². The van der Waals surface area contributed by atoms with Crippen LogP contribution >= 0.6 is 34.2 Å². The van der Waals surface area contributed by atoms with E-state index in [4.69, 9.17) is 25.8 Å². The summed E-state index contributed by atoms with van der Waals surface area (Å²) < 4.78 is 19.6. The molecule has 1 aliphatic heterocycles. The first-order valence-corrected chi connectivity index (χ1v) is 12.1. The molecule has 11 heteroatoms. The van der Waals surface area contributed by atoms with E-state index in [1.165, 1.54) is 0 Å². The van der Waals surface area contributed by atoms with Crippen LogP contribution in [-0.4, -0.2) is 50.3 Å². The molecule has 3 heterocycles. The zero-order valence-electron chi connectivity index (χ0n) is 18.1. The average molecular weight is 605 g/mol. The molecule has 0 spiro atoms. The number of carbonyl (C=O) groups is 2. The number of ether oxygens (including phenoxy) is 3. The van der Waals surface area contributed by atoms with Gasteiger partial charge in [-0.25, -0.2) is 24.5 Å². The zero-order chi connectivity index (χ0) is 24.4. The first kappa shape index (κ1) is 23.6. The van der Waals surface area contributed by atoms with Gasteiger partial charge in [0.1, 0.15) is 30.6 Å². The second kappa shape index (κ2) is 10.3. The van der Waals surface area contributed by atoms with Crippen LogP contribution in [0.2, 0.25) is 5.15 Å². The first-order chi connectivity index (χ1) is 17.0. The van der Waals surface area contributed by atoms with Crippen molar-refractivity contribution >= 4 is 57.3 Å². The van der Waals surface area contributed by atoms with Crippen LogP contribution in [0.5, 0.6) is 0 Å². The third-order valence-electron chi connectivity index (χ3n) is 5.50. The Hall–Kier alpha value is -3.09. The topological polar surface area (TPSA) is 105 Å². The summed E-state index contributed by atoms with van der Waals surface area (Å²) in [4.78, 5) is 38.1. The summed E-state index contributed by atoms with van der Waals surface area (Å²) in [5, 5.41) is 0.233. The molecule has 0 aliphatic carbocycles. The van der Waals surface area contributed by atoms with Gasteiger partial charge in [-0.2, -0.15) is 0 Å². The van der Waals surface area contributed by atoms with Crippen LogP contribution in [-0.2, 0) is 14.2 Å². The second-order valence-electron chi connectivity index (χ2n) is 7.75. The van der Waals surface area contributed by atoms with Crippen molar-refractivity contribution in [3.05, 3.63) is 87.1 Å². The van der Waals surface area contributed by atoms with Crippen molar-refractivity contribution in [2.75, 3.05) is 6.61 Å². The quantitative estimate of drug-likeness (QED) is 0.138. The summed E-state index contributed by atoms with van der Waals surface area (Å²) in [5.74, 6) is -0.984. The maximum absolute atomic E-state index is 12.8. The molecule has 1 fully saturated rings. The number of fused-ring (bicyclic) bond motifs is 1. The number of esters is 2. The lowest BCUT2D eigenvalue weighted by Gasteiger charge is -2.19. The molecule has 35 heavy (non-hydrogen) atoms. The van der Waals surface area contributed by atoms with Crippen LogP contribution in [0.1, 0.15) is 33.4 Å². The molecule has 2 aromatic heterocycles. The van der Waals surface area contributed by atoms with Gasteiger partial charge >= 0.3 is 11.9 Å². The predicted molar refractivity (Wildman–Crippen MR) is 134 cm³/mol. The summed E-state index contributed by atoms with van der Waals surface area (Å²) in [6, 6.07) is 17.3. The molecule has 0 radical (unpaired) electrons. The lowest BCUT2D eigenvalue weighted by molar-refractivity contribution is -0.0563. The first-order valence-electron chi connectivity index (χ1n) is 10.7. The summed E-state index contributed by atoms with van der Waals surface area (Å²) in [5.41, 5.74) is 1.77. The molecule has 0 bridgehead atoms. The molecule has 1 saturated heterocycles. The lowest BCUT2D eigenvalue weighted by Crippen LogP contribution is -2.32. The summed E-state index contributed by atoms with van der Waals surface area (Å²) in [6.07, 6.45) is -0.0917. The Kier molecular flexibility index (Phi) is 6.93. The minimum atomic E-state index is -0.700. The van der Waals surface area contributed by atoms with Gasteiger partial charge in [-0.3, -0.25) is 4.57 Å². The number of aromatic nitrogens is 4. The lowest BCUT2D eigenvalue weighted by atomic mass is 10.1. The second-order valence-corrected chi connectivity index (χ2v) is 9.07. The third-order valence-corrected chi connectivity index (χ3v) is 6.24. The standard InChI is InChI=1S/C24H18ClIN4O5/c25-20-19-21(29-24(26)28-20)30(13-27-19)18-11-16(35-23(32)15-9-5-2-6-10-15)17(34-18)12-33-22(31)14-7-3-1-4-8-14/h1-10,13,16-18H,11-12H2/t16?,17-,18-/m1/s1. The molecule has 9 nitrogen and oxygen atoms in total. The van der Waals surface area contributed by atoms with Gasteiger partial charge in [0.2, 0.25) is 0 Å². The van der Waals surface area contributed by atoms with Gasteiger partial charge in [0.15, 0.2) is 14.6 Å². The average Bonchev–Trinajstić information content (AvgIpc) is 3.47. The van der Waals surface area contributed by atoms with Crippen molar-refractivity contribution in [2.24, 2.45) is 0 Å². The van der Waals surface area contributed by atoms with Gasteiger partial charge in [0, 0.05) is 29.0 Å². The van der Waals surface area contributed by atoms with Crippen LogP contribution in [0.4, 0.5) is 0 Å². The molecule has 2 aromatic carbocycles. The Bertz CT molecular complexity index is 1370. The molecular weight excluding hydrogens is 587 g/mol. The number of imidazole rings is 1. The fourth-order valence-electron chi connectivity index (χ4n) is 3.81. The van der Waals surface area contributed by atoms with Gasteiger partial charge in [-0.15, -0.1) is 0 Å². The highest BCUT2D eigenvalue weighted by Gasteiger charge is 2.40. The maximum Gasteiger partial charge on any atom is 0.338 e. The summed E-state index contributed by atoms with van der Waals surface area (Å²) >= 11 is 8.19. The smallest absolute Gasteiger partial charge is 0.338 e. The normalized spacial score (nSPS) is 19.5. The minimum absolute atomic E-state index is 0.100. The Balaban J connectivity index is 1.38. The number of carbonyl (C=O) groups excluding carboxylic acids is 2. The molecule has 0 amide bonds. The Labute approximate surface area is 218 Å². The van der Waals surface area contributed by atoms with Gasteiger partial charge < -0.3 is 14.2 Å². The number of rotatable bonds is 6. The van der Waals surface area contributed by atoms with Crippen molar-refractivity contribution in [2.45, 2.75) is 24.9 Å². The number of hydrogen-bond acceptors (Lipinski definition) is 8. The van der Waals surface area contributed by atoms with Crippen LogP contribution in [0, 0.1) is 3.83 Å². The highest BCUT2D eigenvalue weighted by molar-refractivity contribution is 14.1. The van der Waals surface area contributed by atoms with E-state index in [9.17, 15) is 9.59 Å². The van der Waals surface area contributed by atoms with Crippen LogP contribution in [0.25, 0.3) is 11.2 Å². The molecule has 4 aromatic rings. The Morgan fingerprint density at radius 3 is 2.37 bits per heavy atom. The number of hydrogen-bond donors (Lipinski definition) is 0. The Morgan fingerprint density at radius 1 is 1.03 bits per heavy atom. The maximum atomic E-state index is 12.8. The molecule has 0 N–H and O–H groups in total. The molecule has 0 saturated carbocycles. The molecule has 3 atom stereocenters. The highest BCUT2D eigenvalue weighted by Crippen LogP contribution is 2.34. The summed E-state index contributed by atoms with van der Waals surface area (Å²) in [6.45, 7) is -0.100. The number of halogens is 2. The highest BCUT2D eigenvalue weighted by atomic mass is 127. The van der Waals surface area contributed by atoms with E-state index < -0.39 is 30.4 Å². The van der Waals surface area contributed by atoms with E-state index in [0.717, 1.165) is 0 Å². The molecule has 5 rings (SSSR count). The fourth-order valence-corrected chi connectivity index (χ4v) is 4.63. The van der Waals surface area contributed by atoms with Crippen molar-refractivity contribution < 1.29 is 23.8 Å². The van der Waals surface area contributed by atoms with Crippen LogP contribution in [0.15, 0.2) is 67.0 Å². The van der Waals surface area contributed by atoms with Crippen LogP contribution < -0.4 is 0 Å². The minimum Gasteiger partial charge on any atom is -0.459 e. The van der Waals surface area contributed by atoms with E-state index in [1.54, 1.807) is 59.4 Å². The SMILES string of the molecule is O=C(OC[C@H]1O[C@@H](n2cnc3c(Cl)nc(I)nc32)CC1OC(=O)c1ccccc1)c1ccccc1. The molecule has 178 valence electrons. The Morgan fingerprint density at radius 2 is 1.69 bits per heavy atom.